The molecule has 1 saturated heterocycles. The molecule has 3 rings (SSSR count). The molecule has 0 radical (unpaired) electrons. The molecule has 1 fully saturated rings. The van der Waals surface area contributed by atoms with Gasteiger partial charge >= 0.3 is 0 Å². The van der Waals surface area contributed by atoms with E-state index in [0.717, 1.165) is 5.75 Å². The van der Waals surface area contributed by atoms with Crippen molar-refractivity contribution in [3.05, 3.63) is 35.4 Å². The van der Waals surface area contributed by atoms with Crippen LogP contribution in [0.5, 0.6) is 0 Å². The highest BCUT2D eigenvalue weighted by atomic mass is 32.2. The van der Waals surface area contributed by atoms with Gasteiger partial charge in [-0.15, -0.1) is 0 Å². The zero-order valence-corrected chi connectivity index (χ0v) is 11.1. The second-order valence-electron chi connectivity index (χ2n) is 6.11. The van der Waals surface area contributed by atoms with Crippen molar-refractivity contribution in [1.82, 2.24) is 0 Å². The second-order valence-corrected chi connectivity index (χ2v) is 7.79. The van der Waals surface area contributed by atoms with Gasteiger partial charge in [0, 0.05) is 27.4 Å². The lowest BCUT2D eigenvalue weighted by Crippen LogP contribution is -2.43. The van der Waals surface area contributed by atoms with Crippen LogP contribution in [0.2, 0.25) is 0 Å². The lowest BCUT2D eigenvalue weighted by molar-refractivity contribution is 0.341. The van der Waals surface area contributed by atoms with Crippen molar-refractivity contribution in [2.75, 3.05) is 5.75 Å². The third-order valence-electron chi connectivity index (χ3n) is 4.93. The van der Waals surface area contributed by atoms with Gasteiger partial charge in [-0.25, -0.2) is 0 Å². The van der Waals surface area contributed by atoms with Gasteiger partial charge in [-0.1, -0.05) is 52.0 Å². The maximum Gasteiger partial charge on any atom is 0.0756 e. The average molecular weight is 234 g/mol. The van der Waals surface area contributed by atoms with Crippen LogP contribution in [0.1, 0.15) is 38.8 Å². The van der Waals surface area contributed by atoms with Crippen LogP contribution < -0.4 is 0 Å². The molecular formula is C14H18OS. The van der Waals surface area contributed by atoms with E-state index in [-0.39, 0.29) is 15.6 Å². The van der Waals surface area contributed by atoms with Crippen LogP contribution in [0.25, 0.3) is 0 Å². The van der Waals surface area contributed by atoms with Gasteiger partial charge in [0.05, 0.1) is 4.75 Å². The Morgan fingerprint density at radius 3 is 1.69 bits per heavy atom. The normalized spacial score (nSPS) is 31.4. The highest BCUT2D eigenvalue weighted by Gasteiger charge is 2.74. The van der Waals surface area contributed by atoms with Gasteiger partial charge in [0.25, 0.3) is 0 Å². The number of rotatable bonds is 0. The minimum Gasteiger partial charge on any atom is -0.259 e. The maximum atomic E-state index is 12.1. The predicted octanol–water partition coefficient (Wildman–Crippen LogP) is 2.76. The fourth-order valence-electron chi connectivity index (χ4n) is 3.87. The average Bonchev–Trinajstić information content (AvgIpc) is 2.89. The van der Waals surface area contributed by atoms with E-state index in [1.165, 1.54) is 11.1 Å². The van der Waals surface area contributed by atoms with Crippen LogP contribution in [-0.4, -0.2) is 14.7 Å². The van der Waals surface area contributed by atoms with E-state index in [4.69, 9.17) is 0 Å². The van der Waals surface area contributed by atoms with Crippen LogP contribution in [0.15, 0.2) is 24.3 Å². The highest BCUT2D eigenvalue weighted by molar-refractivity contribution is 7.94. The largest absolute Gasteiger partial charge is 0.259 e. The first kappa shape index (κ1) is 10.5. The van der Waals surface area contributed by atoms with Crippen molar-refractivity contribution in [3.63, 3.8) is 0 Å². The molecule has 2 heteroatoms. The number of hydrogen-bond acceptors (Lipinski definition) is 1. The van der Waals surface area contributed by atoms with Crippen LogP contribution in [-0.2, 0) is 21.6 Å². The zero-order chi connectivity index (χ0) is 11.8. The van der Waals surface area contributed by atoms with Crippen molar-refractivity contribution in [2.45, 2.75) is 43.3 Å². The molecule has 0 aromatic heterocycles. The molecule has 1 nitrogen and oxygen atoms in total. The number of fused-ring (bicyclic) bond motifs is 1. The Labute approximate surface area is 99.7 Å². The first-order chi connectivity index (χ1) is 7.36. The number of benzene rings is 1. The van der Waals surface area contributed by atoms with E-state index < -0.39 is 10.8 Å². The molecule has 16 heavy (non-hydrogen) atoms. The lowest BCUT2D eigenvalue weighted by Gasteiger charge is -2.34. The molecule has 2 aliphatic rings. The maximum absolute atomic E-state index is 12.1. The summed E-state index contributed by atoms with van der Waals surface area (Å²) in [5.74, 6) is 0.863. The quantitative estimate of drug-likeness (QED) is 0.631. The molecule has 1 aromatic carbocycles. The Hall–Kier alpha value is -0.630. The molecule has 0 bridgehead atoms. The summed E-state index contributed by atoms with van der Waals surface area (Å²) in [6.45, 7) is 9.02. The summed E-state index contributed by atoms with van der Waals surface area (Å²) in [5.41, 5.74) is 2.87. The smallest absolute Gasteiger partial charge is 0.0756 e. The van der Waals surface area contributed by atoms with Crippen LogP contribution in [0.4, 0.5) is 0 Å². The molecule has 1 atom stereocenters. The van der Waals surface area contributed by atoms with Crippen molar-refractivity contribution in [2.24, 2.45) is 0 Å². The Morgan fingerprint density at radius 2 is 1.38 bits per heavy atom. The van der Waals surface area contributed by atoms with E-state index in [0.29, 0.717) is 0 Å². The van der Waals surface area contributed by atoms with Gasteiger partial charge in [0.15, 0.2) is 0 Å². The highest BCUT2D eigenvalue weighted by Crippen LogP contribution is 2.65. The van der Waals surface area contributed by atoms with E-state index in [9.17, 15) is 4.21 Å². The van der Waals surface area contributed by atoms with E-state index in [2.05, 4.69) is 52.0 Å². The molecule has 86 valence electrons. The zero-order valence-electron chi connectivity index (χ0n) is 10.3. The van der Waals surface area contributed by atoms with Crippen molar-refractivity contribution in [3.8, 4) is 0 Å². The van der Waals surface area contributed by atoms with Crippen molar-refractivity contribution >= 4 is 10.8 Å². The van der Waals surface area contributed by atoms with E-state index in [1.807, 2.05) is 0 Å². The van der Waals surface area contributed by atoms with Gasteiger partial charge < -0.3 is 0 Å². The third-order valence-corrected chi connectivity index (χ3v) is 7.22. The van der Waals surface area contributed by atoms with Gasteiger partial charge in [-0.2, -0.15) is 0 Å². The molecule has 1 aliphatic carbocycles. The van der Waals surface area contributed by atoms with Crippen molar-refractivity contribution < 1.29 is 4.21 Å². The summed E-state index contributed by atoms with van der Waals surface area (Å²) in [4.78, 5) is 0. The lowest BCUT2D eigenvalue weighted by atomic mass is 9.71. The molecule has 0 saturated carbocycles. The monoisotopic (exact) mass is 234 g/mol. The molecule has 1 unspecified atom stereocenters. The molecule has 0 N–H and O–H groups in total. The van der Waals surface area contributed by atoms with Crippen LogP contribution >= 0.6 is 0 Å². The molecule has 1 aliphatic heterocycles. The minimum atomic E-state index is -0.660. The first-order valence-electron chi connectivity index (χ1n) is 5.84. The summed E-state index contributed by atoms with van der Waals surface area (Å²) >= 11 is 0. The first-order valence-corrected chi connectivity index (χ1v) is 7.16. The fraction of sp³-hybridized carbons (Fsp3) is 0.571. The molecule has 1 aromatic rings. The Morgan fingerprint density at radius 1 is 1.00 bits per heavy atom. The van der Waals surface area contributed by atoms with Crippen LogP contribution in [0.3, 0.4) is 0 Å². The summed E-state index contributed by atoms with van der Waals surface area (Å²) in [5, 5.41) is 0. The molecule has 1 spiro atoms. The molecular weight excluding hydrogens is 216 g/mol. The fourth-order valence-corrected chi connectivity index (χ4v) is 6.41. The van der Waals surface area contributed by atoms with Crippen molar-refractivity contribution in [1.29, 1.82) is 0 Å². The Bertz CT molecular complexity index is 464. The standard InChI is InChI=1S/C14H18OS/c1-12(2)10-7-5-6-8-11(10)13(3,4)14(12)9-16(14)15/h5-8H,9H2,1-4H3. The van der Waals surface area contributed by atoms with Gasteiger partial charge in [0.1, 0.15) is 0 Å². The predicted molar refractivity (Wildman–Crippen MR) is 68.2 cm³/mol. The van der Waals surface area contributed by atoms with Gasteiger partial charge in [-0.05, 0) is 11.1 Å². The summed E-state index contributed by atoms with van der Waals surface area (Å²) in [7, 11) is -0.660. The van der Waals surface area contributed by atoms with E-state index >= 15 is 0 Å². The SMILES string of the molecule is CC1(C)c2ccccc2C(C)(C)C12CS2=O. The summed E-state index contributed by atoms with van der Waals surface area (Å²) < 4.78 is 12.1. The minimum absolute atomic E-state index is 0.0241. The van der Waals surface area contributed by atoms with Crippen LogP contribution in [0, 0.1) is 0 Å². The second kappa shape index (κ2) is 2.61. The van der Waals surface area contributed by atoms with E-state index in [1.54, 1.807) is 0 Å². The third kappa shape index (κ3) is 0.839. The number of hydrogen-bond donors (Lipinski definition) is 0. The molecule has 0 amide bonds. The van der Waals surface area contributed by atoms with Gasteiger partial charge in [-0.3, -0.25) is 4.21 Å². The summed E-state index contributed by atoms with van der Waals surface area (Å²) in [6.07, 6.45) is 0. The topological polar surface area (TPSA) is 17.1 Å². The van der Waals surface area contributed by atoms with Gasteiger partial charge in [0.2, 0.25) is 0 Å². The molecule has 1 heterocycles. The summed E-state index contributed by atoms with van der Waals surface area (Å²) in [6, 6.07) is 8.62. The Balaban J connectivity index is 2.35. The Kier molecular flexibility index (Phi) is 1.72.